The molecule has 0 aromatic rings. The zero-order chi connectivity index (χ0) is 63.2. The van der Waals surface area contributed by atoms with Crippen molar-refractivity contribution in [1.82, 2.24) is 0 Å². The Balaban J connectivity index is 5.28. The number of phosphoric ester groups is 2. The van der Waals surface area contributed by atoms with Crippen LogP contribution in [0.25, 0.3) is 0 Å². The second kappa shape index (κ2) is 56.1. The predicted molar refractivity (Wildman–Crippen MR) is 340 cm³/mol. The maximum atomic E-state index is 13.0. The Morgan fingerprint density at radius 2 is 0.565 bits per heavy atom. The van der Waals surface area contributed by atoms with Crippen LogP contribution >= 0.6 is 15.6 Å². The highest BCUT2D eigenvalue weighted by atomic mass is 31.2. The number of carbonyl (C=O) groups is 4. The second-order valence-electron chi connectivity index (χ2n) is 25.1. The number of hydrogen-bond donors (Lipinski definition) is 3. The third-order valence-electron chi connectivity index (χ3n) is 16.2. The smallest absolute Gasteiger partial charge is 0.462 e. The summed E-state index contributed by atoms with van der Waals surface area (Å²) in [6.07, 6.45) is 36.2. The molecule has 19 heteroatoms. The standard InChI is InChI=1S/C66H128O17P2/c1-9-57(6)43-35-27-19-16-17-21-33-41-49-66(71)83-62(53-77-64(69)47-39-31-25-23-29-37-45-59(8)11-3)55-81-85(74,75)79-51-60(67)50-78-84(72,73)80-54-61(52-76-63(68)46-38-30-24-22-28-36-44-58(7)10-2)82-65(70)48-40-32-20-15-13-12-14-18-26-34-42-56(4)5/h56-62,67H,9-55H2,1-8H3,(H,72,73)(H,74,75)/t57?,58?,59?,60-,61+,62+/m0/s1. The summed E-state index contributed by atoms with van der Waals surface area (Å²) in [5.41, 5.74) is 0. The Bertz CT molecular complexity index is 1700. The van der Waals surface area contributed by atoms with Crippen molar-refractivity contribution in [2.75, 3.05) is 39.6 Å². The molecular formula is C66H128O17P2. The molecule has 0 aliphatic rings. The van der Waals surface area contributed by atoms with E-state index in [1.54, 1.807) is 0 Å². The lowest BCUT2D eigenvalue weighted by Gasteiger charge is -2.21. The van der Waals surface area contributed by atoms with Crippen LogP contribution < -0.4 is 0 Å². The maximum absolute atomic E-state index is 13.0. The second-order valence-corrected chi connectivity index (χ2v) is 28.0. The van der Waals surface area contributed by atoms with Crippen LogP contribution in [0.1, 0.15) is 319 Å². The van der Waals surface area contributed by atoms with Crippen molar-refractivity contribution in [1.29, 1.82) is 0 Å². The fourth-order valence-corrected chi connectivity index (χ4v) is 11.3. The summed E-state index contributed by atoms with van der Waals surface area (Å²) in [5.74, 6) is 0.845. The Morgan fingerprint density at radius 3 is 0.835 bits per heavy atom. The van der Waals surface area contributed by atoms with Crippen molar-refractivity contribution in [2.24, 2.45) is 23.7 Å². The third kappa shape index (κ3) is 57.0. The van der Waals surface area contributed by atoms with Gasteiger partial charge >= 0.3 is 39.5 Å². The molecule has 504 valence electrons. The van der Waals surface area contributed by atoms with Gasteiger partial charge in [0.25, 0.3) is 0 Å². The first-order chi connectivity index (χ1) is 40.7. The van der Waals surface area contributed by atoms with Gasteiger partial charge in [-0.1, -0.05) is 267 Å². The number of ether oxygens (including phenoxy) is 4. The number of phosphoric acid groups is 2. The van der Waals surface area contributed by atoms with Crippen LogP contribution in [0.2, 0.25) is 0 Å². The van der Waals surface area contributed by atoms with Crippen LogP contribution in [0.4, 0.5) is 0 Å². The molecule has 0 aliphatic heterocycles. The van der Waals surface area contributed by atoms with E-state index >= 15 is 0 Å². The lowest BCUT2D eigenvalue weighted by atomic mass is 9.99. The van der Waals surface area contributed by atoms with E-state index in [4.69, 9.17) is 37.0 Å². The molecule has 17 nitrogen and oxygen atoms in total. The predicted octanol–water partition coefficient (Wildman–Crippen LogP) is 18.1. The molecule has 0 aromatic carbocycles. The van der Waals surface area contributed by atoms with E-state index in [9.17, 15) is 43.2 Å². The van der Waals surface area contributed by atoms with Gasteiger partial charge < -0.3 is 33.8 Å². The summed E-state index contributed by atoms with van der Waals surface area (Å²) in [7, 11) is -9.90. The Morgan fingerprint density at radius 1 is 0.329 bits per heavy atom. The minimum Gasteiger partial charge on any atom is -0.462 e. The first-order valence-electron chi connectivity index (χ1n) is 34.3. The first-order valence-corrected chi connectivity index (χ1v) is 37.3. The highest BCUT2D eigenvalue weighted by molar-refractivity contribution is 7.47. The molecular weight excluding hydrogens is 1130 g/mol. The Hall–Kier alpha value is -1.94. The van der Waals surface area contributed by atoms with Crippen LogP contribution in [0.5, 0.6) is 0 Å². The normalized spacial score (nSPS) is 15.3. The molecule has 0 radical (unpaired) electrons. The van der Waals surface area contributed by atoms with Crippen LogP contribution in [-0.2, 0) is 65.4 Å². The highest BCUT2D eigenvalue weighted by Crippen LogP contribution is 2.45. The van der Waals surface area contributed by atoms with Gasteiger partial charge in [0.15, 0.2) is 12.2 Å². The highest BCUT2D eigenvalue weighted by Gasteiger charge is 2.30. The van der Waals surface area contributed by atoms with Crippen molar-refractivity contribution in [3.05, 3.63) is 0 Å². The summed E-state index contributed by atoms with van der Waals surface area (Å²) < 4.78 is 68.1. The molecule has 3 N–H and O–H groups in total. The molecule has 0 saturated heterocycles. The number of aliphatic hydroxyl groups is 1. The van der Waals surface area contributed by atoms with E-state index < -0.39 is 97.5 Å². The van der Waals surface area contributed by atoms with E-state index in [1.807, 2.05) is 0 Å². The van der Waals surface area contributed by atoms with Gasteiger partial charge in [0.1, 0.15) is 19.3 Å². The largest absolute Gasteiger partial charge is 0.472 e. The number of rotatable bonds is 63. The molecule has 0 bridgehead atoms. The van der Waals surface area contributed by atoms with Crippen molar-refractivity contribution in [2.45, 2.75) is 337 Å². The molecule has 0 saturated carbocycles. The van der Waals surface area contributed by atoms with Crippen molar-refractivity contribution in [3.63, 3.8) is 0 Å². The Kier molecular flexibility index (Phi) is 54.8. The summed E-state index contributed by atoms with van der Waals surface area (Å²) in [6.45, 7) is 14.0. The van der Waals surface area contributed by atoms with Crippen molar-refractivity contribution >= 4 is 39.5 Å². The van der Waals surface area contributed by atoms with E-state index in [0.29, 0.717) is 25.7 Å². The number of esters is 4. The quantitative estimate of drug-likeness (QED) is 0.0222. The van der Waals surface area contributed by atoms with Gasteiger partial charge in [-0.25, -0.2) is 9.13 Å². The third-order valence-corrected chi connectivity index (χ3v) is 18.1. The number of unbranched alkanes of at least 4 members (excludes halogenated alkanes) is 26. The van der Waals surface area contributed by atoms with Gasteiger partial charge in [0, 0.05) is 25.7 Å². The monoisotopic (exact) mass is 1250 g/mol. The number of aliphatic hydroxyl groups excluding tert-OH is 1. The van der Waals surface area contributed by atoms with Crippen molar-refractivity contribution in [3.8, 4) is 0 Å². The topological polar surface area (TPSA) is 237 Å². The van der Waals surface area contributed by atoms with Gasteiger partial charge in [-0.05, 0) is 49.4 Å². The fourth-order valence-electron chi connectivity index (χ4n) is 9.69. The summed E-state index contributed by atoms with van der Waals surface area (Å²) >= 11 is 0. The SMILES string of the molecule is CCC(C)CCCCCCCCCCC(=O)O[C@H](COC(=O)CCCCCCCCC(C)CC)COP(=O)(O)OC[C@@H](O)COP(=O)(O)OC[C@@H](COC(=O)CCCCCCCCC(C)CC)OC(=O)CCCCCCCCCCCCC(C)C. The lowest BCUT2D eigenvalue weighted by Crippen LogP contribution is -2.30. The average molecular weight is 1260 g/mol. The molecule has 0 spiro atoms. The molecule has 0 fully saturated rings. The zero-order valence-corrected chi connectivity index (χ0v) is 57.0. The summed E-state index contributed by atoms with van der Waals surface area (Å²) in [4.78, 5) is 72.3. The Labute approximate surface area is 517 Å². The van der Waals surface area contributed by atoms with Crippen LogP contribution in [0, 0.1) is 23.7 Å². The molecule has 0 amide bonds. The van der Waals surface area contributed by atoms with E-state index in [0.717, 1.165) is 126 Å². The maximum Gasteiger partial charge on any atom is 0.472 e. The van der Waals surface area contributed by atoms with E-state index in [1.165, 1.54) is 109 Å². The zero-order valence-electron chi connectivity index (χ0n) is 55.2. The lowest BCUT2D eigenvalue weighted by molar-refractivity contribution is -0.161. The number of hydrogen-bond acceptors (Lipinski definition) is 15. The summed E-state index contributed by atoms with van der Waals surface area (Å²) in [5, 5.41) is 10.6. The van der Waals surface area contributed by atoms with Crippen LogP contribution in [0.15, 0.2) is 0 Å². The molecule has 0 heterocycles. The van der Waals surface area contributed by atoms with Gasteiger partial charge in [-0.15, -0.1) is 0 Å². The van der Waals surface area contributed by atoms with Gasteiger partial charge in [0.05, 0.1) is 26.4 Å². The van der Waals surface area contributed by atoms with Crippen LogP contribution in [0.3, 0.4) is 0 Å². The van der Waals surface area contributed by atoms with Gasteiger partial charge in [-0.2, -0.15) is 0 Å². The molecule has 8 atom stereocenters. The van der Waals surface area contributed by atoms with E-state index in [-0.39, 0.29) is 25.7 Å². The van der Waals surface area contributed by atoms with Gasteiger partial charge in [0.2, 0.25) is 0 Å². The fraction of sp³-hybridized carbons (Fsp3) is 0.939. The van der Waals surface area contributed by atoms with E-state index in [2.05, 4.69) is 55.4 Å². The molecule has 0 rings (SSSR count). The number of carbonyl (C=O) groups excluding carboxylic acids is 4. The summed E-state index contributed by atoms with van der Waals surface area (Å²) in [6, 6.07) is 0. The molecule has 85 heavy (non-hydrogen) atoms. The van der Waals surface area contributed by atoms with Crippen LogP contribution in [-0.4, -0.2) is 96.7 Å². The molecule has 0 aliphatic carbocycles. The minimum atomic E-state index is -4.95. The first kappa shape index (κ1) is 83.1. The van der Waals surface area contributed by atoms with Gasteiger partial charge in [-0.3, -0.25) is 37.3 Å². The molecule has 0 aromatic heterocycles. The molecule has 5 unspecified atom stereocenters. The van der Waals surface area contributed by atoms with Crippen molar-refractivity contribution < 1.29 is 80.2 Å². The minimum absolute atomic E-state index is 0.103. The average Bonchev–Trinajstić information content (AvgIpc) is 3.57.